The lowest BCUT2D eigenvalue weighted by Gasteiger charge is -2.35. The number of nitrogens with zero attached hydrogens (tertiary/aromatic N) is 4. The normalized spacial score (nSPS) is 18.5. The molecule has 2 N–H and O–H groups in total. The molecule has 0 radical (unpaired) electrons. The van der Waals surface area contributed by atoms with E-state index < -0.39 is 47.6 Å². The van der Waals surface area contributed by atoms with E-state index in [1.54, 1.807) is 42.5 Å². The van der Waals surface area contributed by atoms with Crippen LogP contribution >= 0.6 is 15.9 Å². The van der Waals surface area contributed by atoms with Crippen LogP contribution in [0, 0.1) is 22.7 Å². The van der Waals surface area contributed by atoms with Crippen molar-refractivity contribution < 1.29 is 49.9 Å². The summed E-state index contributed by atoms with van der Waals surface area (Å²) in [7, 11) is 0. The van der Waals surface area contributed by atoms with Crippen LogP contribution < -0.4 is 20.4 Å². The molecule has 9 rings (SSSR count). The van der Waals surface area contributed by atoms with Crippen molar-refractivity contribution in [2.24, 2.45) is 0 Å². The predicted octanol–water partition coefficient (Wildman–Crippen LogP) is 11.0. The third-order valence-corrected chi connectivity index (χ3v) is 11.8. The second-order valence-electron chi connectivity index (χ2n) is 14.9. The summed E-state index contributed by atoms with van der Waals surface area (Å²) in [5, 5.41) is 23.9. The van der Waals surface area contributed by atoms with Crippen molar-refractivity contribution in [2.75, 3.05) is 9.80 Å². The number of amides is 4. The first-order chi connectivity index (χ1) is 30.5. The van der Waals surface area contributed by atoms with Gasteiger partial charge in [-0.05, 0) is 96.3 Å². The van der Waals surface area contributed by atoms with Crippen LogP contribution in [0.15, 0.2) is 135 Å². The SMILES string of the molecule is N#Cc1ccc(C2NC(=O)N(c3cccc(C(F)(F)F)c3)C3=C2C(=O)CC3)c(-c2ccoc2)c1.N#Cc1ccc(C2NC(=O)N(c3cccc(C(F)(F)F)c3)C3=C2C(=O)CC3)c(Br)c1. The summed E-state index contributed by atoms with van der Waals surface area (Å²) < 4.78 is 85.0. The molecular formula is C46H29BrF6N6O5. The van der Waals surface area contributed by atoms with E-state index in [9.17, 15) is 50.8 Å². The summed E-state index contributed by atoms with van der Waals surface area (Å²) in [4.78, 5) is 54.0. The van der Waals surface area contributed by atoms with Crippen molar-refractivity contribution in [2.45, 2.75) is 50.1 Å². The molecule has 64 heavy (non-hydrogen) atoms. The minimum Gasteiger partial charge on any atom is -0.472 e. The van der Waals surface area contributed by atoms with Crippen molar-refractivity contribution in [1.82, 2.24) is 10.6 Å². The fourth-order valence-electron chi connectivity index (χ4n) is 8.24. The van der Waals surface area contributed by atoms with E-state index in [2.05, 4.69) is 32.6 Å². The first kappa shape index (κ1) is 43.2. The molecule has 0 spiro atoms. The number of urea groups is 2. The van der Waals surface area contributed by atoms with Gasteiger partial charge in [-0.3, -0.25) is 19.4 Å². The number of anilines is 2. The first-order valence-corrected chi connectivity index (χ1v) is 20.1. The van der Waals surface area contributed by atoms with Gasteiger partial charge in [-0.1, -0.05) is 40.2 Å². The molecule has 5 aromatic rings. The Bertz CT molecular complexity index is 2930. The van der Waals surface area contributed by atoms with Crippen molar-refractivity contribution in [3.63, 3.8) is 0 Å². The molecule has 2 atom stereocenters. The lowest BCUT2D eigenvalue weighted by molar-refractivity contribution is -0.138. The molecule has 2 aliphatic heterocycles. The average Bonchev–Trinajstić information content (AvgIpc) is 4.04. The smallest absolute Gasteiger partial charge is 0.416 e. The molecule has 2 aliphatic carbocycles. The van der Waals surface area contributed by atoms with Gasteiger partial charge >= 0.3 is 24.4 Å². The zero-order valence-electron chi connectivity index (χ0n) is 32.8. The van der Waals surface area contributed by atoms with Gasteiger partial charge in [0.05, 0.1) is 70.4 Å². The molecule has 0 fully saturated rings. The van der Waals surface area contributed by atoms with Gasteiger partial charge in [0.2, 0.25) is 0 Å². The van der Waals surface area contributed by atoms with Crippen LogP contribution in [0.1, 0.15) is 71.1 Å². The van der Waals surface area contributed by atoms with E-state index in [-0.39, 0.29) is 48.6 Å². The fourth-order valence-corrected chi connectivity index (χ4v) is 8.85. The van der Waals surface area contributed by atoms with E-state index >= 15 is 0 Å². The molecule has 1 aromatic heterocycles. The topological polar surface area (TPSA) is 160 Å². The Morgan fingerprint density at radius 2 is 1.11 bits per heavy atom. The number of rotatable bonds is 5. The van der Waals surface area contributed by atoms with E-state index in [0.29, 0.717) is 60.4 Å². The highest BCUT2D eigenvalue weighted by Crippen LogP contribution is 2.45. The fraction of sp³-hybridized carbons (Fsp3) is 0.174. The minimum atomic E-state index is -4.57. The van der Waals surface area contributed by atoms with Crippen LogP contribution in [-0.2, 0) is 21.9 Å². The summed E-state index contributed by atoms with van der Waals surface area (Å²) in [6.45, 7) is 0. The number of hydrogen-bond donors (Lipinski definition) is 2. The quantitative estimate of drug-likeness (QED) is 0.166. The van der Waals surface area contributed by atoms with Gasteiger partial charge in [0, 0.05) is 45.4 Å². The molecule has 4 amide bonds. The summed E-state index contributed by atoms with van der Waals surface area (Å²) in [5.74, 6) is -0.372. The van der Waals surface area contributed by atoms with Gasteiger partial charge in [0.15, 0.2) is 11.6 Å². The first-order valence-electron chi connectivity index (χ1n) is 19.3. The molecular weight excluding hydrogens is 910 g/mol. The van der Waals surface area contributed by atoms with E-state index in [1.807, 2.05) is 6.07 Å². The Morgan fingerprint density at radius 1 is 0.625 bits per heavy atom. The van der Waals surface area contributed by atoms with Crippen molar-refractivity contribution in [3.05, 3.63) is 164 Å². The number of furan rings is 1. The number of benzene rings is 4. The number of halogens is 7. The van der Waals surface area contributed by atoms with E-state index in [0.717, 1.165) is 34.1 Å². The molecule has 2 unspecified atom stereocenters. The summed E-state index contributed by atoms with van der Waals surface area (Å²) in [6.07, 6.45) is -5.38. The van der Waals surface area contributed by atoms with Crippen molar-refractivity contribution in [3.8, 4) is 23.3 Å². The van der Waals surface area contributed by atoms with Crippen LogP contribution in [0.2, 0.25) is 0 Å². The molecule has 4 aliphatic rings. The standard InChI is InChI=1S/C25H16F3N3O3.C21H13BrF3N3O2/c26-25(27,28)16-2-1-3-17(11-16)31-20-6-7-21(32)22(20)23(30-24(31)33)18-5-4-14(12-29)10-19(18)15-8-9-34-13-15;22-15-8-11(10-26)4-5-14(15)19-18-16(6-7-17(18)29)28(20(30)27-19)13-3-1-2-12(9-13)21(23,24)25/h1-5,8-11,13,23H,6-7H2,(H,30,33);1-5,8-9,19H,6-7H2,(H,27,30). The third kappa shape index (κ3) is 8.04. The molecule has 0 saturated heterocycles. The number of ketones is 2. The van der Waals surface area contributed by atoms with Gasteiger partial charge < -0.3 is 15.1 Å². The maximum atomic E-state index is 13.3. The summed E-state index contributed by atoms with van der Waals surface area (Å²) in [5.41, 5.74) is 2.99. The lowest BCUT2D eigenvalue weighted by atomic mass is 9.88. The maximum absolute atomic E-state index is 13.3. The van der Waals surface area contributed by atoms with Crippen molar-refractivity contribution >= 4 is 50.9 Å². The van der Waals surface area contributed by atoms with Crippen LogP contribution in [0.3, 0.4) is 0 Å². The number of Topliss-reactive ketones (excluding diaryl/α,β-unsaturated/α-hetero) is 2. The van der Waals surface area contributed by atoms with Crippen LogP contribution in [0.4, 0.5) is 47.3 Å². The van der Waals surface area contributed by atoms with Gasteiger partial charge in [-0.25, -0.2) is 9.59 Å². The molecule has 322 valence electrons. The zero-order valence-corrected chi connectivity index (χ0v) is 34.4. The van der Waals surface area contributed by atoms with Gasteiger partial charge in [-0.15, -0.1) is 0 Å². The predicted molar refractivity (Wildman–Crippen MR) is 221 cm³/mol. The van der Waals surface area contributed by atoms with E-state index in [1.165, 1.54) is 36.8 Å². The Labute approximate surface area is 368 Å². The number of alkyl halides is 6. The average molecular weight is 940 g/mol. The second-order valence-corrected chi connectivity index (χ2v) is 15.7. The Balaban J connectivity index is 0.000000176. The lowest BCUT2D eigenvalue weighted by Crippen LogP contribution is -2.47. The Morgan fingerprint density at radius 3 is 1.56 bits per heavy atom. The Kier molecular flexibility index (Phi) is 11.3. The van der Waals surface area contributed by atoms with Crippen LogP contribution in [0.25, 0.3) is 11.1 Å². The van der Waals surface area contributed by atoms with Crippen LogP contribution in [0.5, 0.6) is 0 Å². The maximum Gasteiger partial charge on any atom is 0.416 e. The summed E-state index contributed by atoms with van der Waals surface area (Å²) in [6, 6.07) is 21.6. The number of nitrogens with one attached hydrogen (secondary N) is 2. The number of hydrogen-bond acceptors (Lipinski definition) is 7. The highest BCUT2D eigenvalue weighted by atomic mass is 79.9. The second kappa shape index (κ2) is 16.7. The number of carbonyl (C=O) groups excluding carboxylic acids is 4. The van der Waals surface area contributed by atoms with Crippen molar-refractivity contribution in [1.29, 1.82) is 10.5 Å². The van der Waals surface area contributed by atoms with Gasteiger partial charge in [-0.2, -0.15) is 36.9 Å². The van der Waals surface area contributed by atoms with Crippen LogP contribution in [-0.4, -0.2) is 23.6 Å². The monoisotopic (exact) mass is 938 g/mol. The third-order valence-electron chi connectivity index (χ3n) is 11.1. The molecule has 0 saturated carbocycles. The van der Waals surface area contributed by atoms with Gasteiger partial charge in [0.1, 0.15) is 0 Å². The Hall–Kier alpha value is -7.44. The minimum absolute atomic E-state index is 0.0304. The number of allylic oxidation sites excluding steroid dienone is 2. The molecule has 4 aromatic carbocycles. The molecule has 18 heteroatoms. The highest BCUT2D eigenvalue weighted by molar-refractivity contribution is 9.10. The van der Waals surface area contributed by atoms with E-state index in [4.69, 9.17) is 9.68 Å². The zero-order chi connectivity index (χ0) is 45.7. The molecule has 3 heterocycles. The summed E-state index contributed by atoms with van der Waals surface area (Å²) >= 11 is 3.38. The number of nitriles is 2. The largest absolute Gasteiger partial charge is 0.472 e. The van der Waals surface area contributed by atoms with Gasteiger partial charge in [0.25, 0.3) is 0 Å². The number of carbonyl (C=O) groups is 4. The highest BCUT2D eigenvalue weighted by Gasteiger charge is 2.44. The molecule has 11 nitrogen and oxygen atoms in total. The molecule has 0 bridgehead atoms.